The second kappa shape index (κ2) is 7.74. The molecular formula is C20H18N2O5. The maximum absolute atomic E-state index is 12.6. The van der Waals surface area contributed by atoms with Crippen LogP contribution in [0.2, 0.25) is 0 Å². The molecule has 0 unspecified atom stereocenters. The summed E-state index contributed by atoms with van der Waals surface area (Å²) in [6.07, 6.45) is 0. The second-order valence-electron chi connectivity index (χ2n) is 5.80. The standard InChI is InChI=1S/C20H18N2O5/c1-2-27-20(26)13-7-6-8-14(11-13)21-18(24)17-16(23)12-22(19(17)25)15-9-4-3-5-10-15/h3-11,23H,2,12H2,1H3,(H,21,24). The van der Waals surface area contributed by atoms with Gasteiger partial charge < -0.3 is 20.1 Å². The zero-order chi connectivity index (χ0) is 19.4. The number of para-hydroxylation sites is 1. The van der Waals surface area contributed by atoms with Gasteiger partial charge in [0.05, 0.1) is 18.7 Å². The lowest BCUT2D eigenvalue weighted by Crippen LogP contribution is -2.30. The molecule has 0 saturated carbocycles. The summed E-state index contributed by atoms with van der Waals surface area (Å²) in [5.41, 5.74) is 0.856. The van der Waals surface area contributed by atoms with Gasteiger partial charge in [0.15, 0.2) is 0 Å². The number of benzene rings is 2. The van der Waals surface area contributed by atoms with Gasteiger partial charge in [-0.05, 0) is 37.3 Å². The van der Waals surface area contributed by atoms with E-state index in [2.05, 4.69) is 5.32 Å². The van der Waals surface area contributed by atoms with Crippen molar-refractivity contribution in [1.82, 2.24) is 0 Å². The molecule has 0 atom stereocenters. The first-order valence-corrected chi connectivity index (χ1v) is 8.38. The Kier molecular flexibility index (Phi) is 5.21. The first-order valence-electron chi connectivity index (χ1n) is 8.38. The monoisotopic (exact) mass is 366 g/mol. The molecule has 2 aromatic carbocycles. The highest BCUT2D eigenvalue weighted by Gasteiger charge is 2.36. The normalized spacial score (nSPS) is 13.7. The summed E-state index contributed by atoms with van der Waals surface area (Å²) in [4.78, 5) is 38.2. The van der Waals surface area contributed by atoms with Crippen LogP contribution in [-0.2, 0) is 14.3 Å². The van der Waals surface area contributed by atoms with Crippen molar-refractivity contribution in [3.8, 4) is 0 Å². The molecule has 0 fully saturated rings. The number of nitrogens with one attached hydrogen (secondary N) is 1. The Labute approximate surface area is 155 Å². The van der Waals surface area contributed by atoms with E-state index in [-0.39, 0.29) is 30.0 Å². The van der Waals surface area contributed by atoms with Gasteiger partial charge in [-0.1, -0.05) is 24.3 Å². The zero-order valence-corrected chi connectivity index (χ0v) is 14.6. The lowest BCUT2D eigenvalue weighted by atomic mass is 10.2. The van der Waals surface area contributed by atoms with Gasteiger partial charge in [0, 0.05) is 11.4 Å². The Morgan fingerprint density at radius 1 is 1.15 bits per heavy atom. The first-order chi connectivity index (χ1) is 13.0. The minimum absolute atomic E-state index is 0.0749. The van der Waals surface area contributed by atoms with E-state index in [4.69, 9.17) is 4.74 Å². The van der Waals surface area contributed by atoms with Gasteiger partial charge in [-0.3, -0.25) is 9.59 Å². The number of rotatable bonds is 5. The van der Waals surface area contributed by atoms with E-state index < -0.39 is 17.8 Å². The summed E-state index contributed by atoms with van der Waals surface area (Å²) in [5.74, 6) is -2.14. The number of carbonyl (C=O) groups excluding carboxylic acids is 3. The lowest BCUT2D eigenvalue weighted by molar-refractivity contribution is -0.119. The number of carbonyl (C=O) groups is 3. The Hall–Kier alpha value is -3.61. The number of amides is 2. The Balaban J connectivity index is 1.77. The molecule has 0 saturated heterocycles. The summed E-state index contributed by atoms with van der Waals surface area (Å²) in [6, 6.07) is 14.9. The number of hydrogen-bond donors (Lipinski definition) is 2. The average Bonchev–Trinajstić information content (AvgIpc) is 2.97. The molecule has 7 nitrogen and oxygen atoms in total. The molecule has 138 valence electrons. The molecule has 1 aliphatic heterocycles. The van der Waals surface area contributed by atoms with E-state index in [1.54, 1.807) is 49.4 Å². The maximum Gasteiger partial charge on any atom is 0.338 e. The fraction of sp³-hybridized carbons (Fsp3) is 0.150. The van der Waals surface area contributed by atoms with Crippen molar-refractivity contribution in [2.45, 2.75) is 6.92 Å². The van der Waals surface area contributed by atoms with Crippen molar-refractivity contribution in [2.24, 2.45) is 0 Å². The molecule has 3 rings (SSSR count). The molecule has 0 spiro atoms. The lowest BCUT2D eigenvalue weighted by Gasteiger charge is -2.16. The quantitative estimate of drug-likeness (QED) is 0.626. The predicted octanol–water partition coefficient (Wildman–Crippen LogP) is 2.66. The third-order valence-electron chi connectivity index (χ3n) is 3.98. The zero-order valence-electron chi connectivity index (χ0n) is 14.6. The summed E-state index contributed by atoms with van der Waals surface area (Å²) in [6.45, 7) is 1.86. The summed E-state index contributed by atoms with van der Waals surface area (Å²) < 4.78 is 4.92. The van der Waals surface area contributed by atoms with Crippen LogP contribution in [0.15, 0.2) is 65.9 Å². The smallest absolute Gasteiger partial charge is 0.338 e. The van der Waals surface area contributed by atoms with Gasteiger partial charge >= 0.3 is 5.97 Å². The molecule has 2 aromatic rings. The summed E-state index contributed by atoms with van der Waals surface area (Å²) in [7, 11) is 0. The van der Waals surface area contributed by atoms with Gasteiger partial charge in [0.1, 0.15) is 11.3 Å². The number of nitrogens with zero attached hydrogens (tertiary/aromatic N) is 1. The maximum atomic E-state index is 12.6. The minimum Gasteiger partial charge on any atom is -0.509 e. The Morgan fingerprint density at radius 2 is 1.89 bits per heavy atom. The van der Waals surface area contributed by atoms with Crippen LogP contribution >= 0.6 is 0 Å². The molecule has 0 radical (unpaired) electrons. The number of hydrogen-bond acceptors (Lipinski definition) is 5. The van der Waals surface area contributed by atoms with Crippen LogP contribution in [0.4, 0.5) is 11.4 Å². The van der Waals surface area contributed by atoms with Crippen molar-refractivity contribution >= 4 is 29.2 Å². The van der Waals surface area contributed by atoms with E-state index >= 15 is 0 Å². The largest absolute Gasteiger partial charge is 0.509 e. The van der Waals surface area contributed by atoms with E-state index in [9.17, 15) is 19.5 Å². The van der Waals surface area contributed by atoms with Crippen LogP contribution < -0.4 is 10.2 Å². The molecule has 7 heteroatoms. The van der Waals surface area contributed by atoms with Crippen LogP contribution in [0.5, 0.6) is 0 Å². The predicted molar refractivity (Wildman–Crippen MR) is 99.5 cm³/mol. The van der Waals surface area contributed by atoms with E-state index in [0.717, 1.165) is 0 Å². The van der Waals surface area contributed by atoms with Crippen LogP contribution in [-0.4, -0.2) is 36.0 Å². The van der Waals surface area contributed by atoms with Gasteiger partial charge in [0.25, 0.3) is 11.8 Å². The molecule has 1 heterocycles. The van der Waals surface area contributed by atoms with Gasteiger partial charge in [-0.2, -0.15) is 0 Å². The number of ether oxygens (including phenoxy) is 1. The van der Waals surface area contributed by atoms with Crippen molar-refractivity contribution in [3.05, 3.63) is 71.5 Å². The fourth-order valence-electron chi connectivity index (χ4n) is 2.74. The summed E-state index contributed by atoms with van der Waals surface area (Å²) >= 11 is 0. The average molecular weight is 366 g/mol. The van der Waals surface area contributed by atoms with E-state index in [0.29, 0.717) is 11.4 Å². The highest BCUT2D eigenvalue weighted by molar-refractivity contribution is 6.29. The number of aliphatic hydroxyl groups is 1. The third kappa shape index (κ3) is 3.82. The van der Waals surface area contributed by atoms with Crippen molar-refractivity contribution in [1.29, 1.82) is 0 Å². The van der Waals surface area contributed by atoms with Gasteiger partial charge in [-0.25, -0.2) is 4.79 Å². The molecule has 2 amide bonds. The topological polar surface area (TPSA) is 95.9 Å². The molecule has 0 aliphatic carbocycles. The molecule has 2 N–H and O–H groups in total. The highest BCUT2D eigenvalue weighted by atomic mass is 16.5. The van der Waals surface area contributed by atoms with E-state index in [1.165, 1.54) is 11.0 Å². The SMILES string of the molecule is CCOC(=O)c1cccc(NC(=O)C2=C(O)CN(c3ccccc3)C2=O)c1. The third-order valence-corrected chi connectivity index (χ3v) is 3.98. The van der Waals surface area contributed by atoms with Crippen molar-refractivity contribution < 1.29 is 24.2 Å². The number of esters is 1. The Bertz CT molecular complexity index is 921. The molecule has 0 bridgehead atoms. The fourth-order valence-corrected chi connectivity index (χ4v) is 2.74. The number of aliphatic hydroxyl groups excluding tert-OH is 1. The second-order valence-corrected chi connectivity index (χ2v) is 5.80. The van der Waals surface area contributed by atoms with Crippen LogP contribution in [0.3, 0.4) is 0 Å². The van der Waals surface area contributed by atoms with Crippen molar-refractivity contribution in [2.75, 3.05) is 23.4 Å². The van der Waals surface area contributed by atoms with Crippen LogP contribution in [0.1, 0.15) is 17.3 Å². The van der Waals surface area contributed by atoms with Crippen molar-refractivity contribution in [3.63, 3.8) is 0 Å². The number of anilines is 2. The van der Waals surface area contributed by atoms with Gasteiger partial charge in [0.2, 0.25) is 0 Å². The minimum atomic E-state index is -0.739. The summed E-state index contributed by atoms with van der Waals surface area (Å²) in [5, 5.41) is 12.7. The highest BCUT2D eigenvalue weighted by Crippen LogP contribution is 2.25. The molecule has 0 aromatic heterocycles. The Morgan fingerprint density at radius 3 is 2.59 bits per heavy atom. The van der Waals surface area contributed by atoms with Gasteiger partial charge in [-0.15, -0.1) is 0 Å². The molecule has 1 aliphatic rings. The van der Waals surface area contributed by atoms with Crippen LogP contribution in [0.25, 0.3) is 0 Å². The van der Waals surface area contributed by atoms with Crippen LogP contribution in [0, 0.1) is 0 Å². The molecule has 27 heavy (non-hydrogen) atoms. The molecular weight excluding hydrogens is 348 g/mol. The first kappa shape index (κ1) is 18.2. The van der Waals surface area contributed by atoms with E-state index in [1.807, 2.05) is 6.07 Å².